The molecule has 1 saturated heterocycles. The Balaban J connectivity index is 1.58. The van der Waals surface area contributed by atoms with Crippen molar-refractivity contribution in [1.82, 2.24) is 10.2 Å². The first kappa shape index (κ1) is 19.4. The van der Waals surface area contributed by atoms with Crippen LogP contribution < -0.4 is 10.1 Å². The summed E-state index contributed by atoms with van der Waals surface area (Å²) in [5, 5.41) is 3.04. The molecule has 0 spiro atoms. The van der Waals surface area contributed by atoms with Crippen molar-refractivity contribution in [2.45, 2.75) is 18.8 Å². The highest BCUT2D eigenvalue weighted by atomic mass is 19.1. The van der Waals surface area contributed by atoms with E-state index in [0.717, 1.165) is 18.4 Å². The van der Waals surface area contributed by atoms with Crippen LogP contribution in [0.2, 0.25) is 0 Å². The number of rotatable bonds is 6. The minimum atomic E-state index is -0.544. The highest BCUT2D eigenvalue weighted by Crippen LogP contribution is 2.36. The Morgan fingerprint density at radius 2 is 1.93 bits per heavy atom. The number of hydrogen-bond donors (Lipinski definition) is 1. The van der Waals surface area contributed by atoms with Crippen LogP contribution >= 0.6 is 0 Å². The molecule has 1 heterocycles. The minimum absolute atomic E-state index is 0.0379. The van der Waals surface area contributed by atoms with Gasteiger partial charge in [0, 0.05) is 25.6 Å². The molecule has 29 heavy (non-hydrogen) atoms. The number of nitrogens with one attached hydrogen (secondary N) is 1. The number of hydrogen-bond acceptors (Lipinski definition) is 3. The Labute approximate surface area is 169 Å². The molecule has 2 aliphatic rings. The maximum absolute atomic E-state index is 14.1. The van der Waals surface area contributed by atoms with Gasteiger partial charge in [-0.2, -0.15) is 0 Å². The van der Waals surface area contributed by atoms with Gasteiger partial charge in [-0.15, -0.1) is 0 Å². The third-order valence-corrected chi connectivity index (χ3v) is 5.83. The van der Waals surface area contributed by atoms with Gasteiger partial charge in [0.1, 0.15) is 11.6 Å². The maximum Gasteiger partial charge on any atom is 0.256 e. The van der Waals surface area contributed by atoms with Gasteiger partial charge in [-0.1, -0.05) is 24.3 Å². The van der Waals surface area contributed by atoms with E-state index >= 15 is 0 Å². The second-order valence-electron chi connectivity index (χ2n) is 7.87. The normalized spacial score (nSPS) is 21.1. The molecular formula is C23H25FN2O3. The summed E-state index contributed by atoms with van der Waals surface area (Å²) < 4.78 is 19.5. The molecule has 0 radical (unpaired) electrons. The lowest BCUT2D eigenvalue weighted by Crippen LogP contribution is -2.36. The lowest BCUT2D eigenvalue weighted by Gasteiger charge is -2.18. The van der Waals surface area contributed by atoms with E-state index in [4.69, 9.17) is 4.74 Å². The maximum atomic E-state index is 14.1. The lowest BCUT2D eigenvalue weighted by atomic mass is 9.88. The van der Waals surface area contributed by atoms with Crippen molar-refractivity contribution in [3.8, 4) is 5.75 Å². The number of carbonyl (C=O) groups is 2. The van der Waals surface area contributed by atoms with Crippen LogP contribution in [0.1, 0.15) is 34.7 Å². The number of carbonyl (C=O) groups excluding carboxylic acids is 2. The molecule has 5 nitrogen and oxygen atoms in total. The highest BCUT2D eigenvalue weighted by molar-refractivity contribution is 5.95. The molecule has 0 aromatic heterocycles. The van der Waals surface area contributed by atoms with Gasteiger partial charge in [-0.25, -0.2) is 4.39 Å². The molecule has 0 unspecified atom stereocenters. The summed E-state index contributed by atoms with van der Waals surface area (Å²) in [6.45, 7) is 1.31. The summed E-state index contributed by atoms with van der Waals surface area (Å²) in [7, 11) is 1.60. The summed E-state index contributed by atoms with van der Waals surface area (Å²) in [6.07, 6.45) is 2.31. The molecule has 2 atom stereocenters. The largest absolute Gasteiger partial charge is 0.497 e. The zero-order valence-electron chi connectivity index (χ0n) is 16.4. The van der Waals surface area contributed by atoms with Gasteiger partial charge in [0.25, 0.3) is 5.91 Å². The predicted molar refractivity (Wildman–Crippen MR) is 107 cm³/mol. The Morgan fingerprint density at radius 1 is 1.14 bits per heavy atom. The fraction of sp³-hybridized carbons (Fsp3) is 0.391. The van der Waals surface area contributed by atoms with Crippen molar-refractivity contribution in [3.05, 3.63) is 65.5 Å². The zero-order chi connectivity index (χ0) is 20.4. The minimum Gasteiger partial charge on any atom is -0.497 e. The Kier molecular flexibility index (Phi) is 5.51. The van der Waals surface area contributed by atoms with Gasteiger partial charge < -0.3 is 15.0 Å². The topological polar surface area (TPSA) is 58.6 Å². The summed E-state index contributed by atoms with van der Waals surface area (Å²) >= 11 is 0. The third kappa shape index (κ3) is 4.26. The molecule has 1 N–H and O–H groups in total. The molecule has 4 rings (SSSR count). The van der Waals surface area contributed by atoms with Crippen LogP contribution in [0.4, 0.5) is 4.39 Å². The molecule has 0 bridgehead atoms. The van der Waals surface area contributed by atoms with E-state index in [9.17, 15) is 14.0 Å². The standard InChI is InChI=1S/C23H25FN2O3/c1-29-17-6-4-5-16(11-17)19-13-26(23(28)18-7-2-3-8-21(18)24)14-20(19)22(27)25-12-15-9-10-15/h2-8,11,15,19-20H,9-10,12-14H2,1H3,(H,25,27)/t19-,20+/m0/s1. The molecule has 152 valence electrons. The van der Waals surface area contributed by atoms with E-state index in [1.807, 2.05) is 24.3 Å². The molecule has 2 aromatic carbocycles. The first-order valence-electron chi connectivity index (χ1n) is 10.0. The molecule has 2 aromatic rings. The average molecular weight is 396 g/mol. The molecule has 6 heteroatoms. The van der Waals surface area contributed by atoms with Gasteiger partial charge in [0.2, 0.25) is 5.91 Å². The number of ether oxygens (including phenoxy) is 1. The van der Waals surface area contributed by atoms with Gasteiger partial charge in [-0.3, -0.25) is 9.59 Å². The Morgan fingerprint density at radius 3 is 2.66 bits per heavy atom. The predicted octanol–water partition coefficient (Wildman–Crippen LogP) is 3.22. The van der Waals surface area contributed by atoms with E-state index in [-0.39, 0.29) is 35.8 Å². The first-order chi connectivity index (χ1) is 14.1. The van der Waals surface area contributed by atoms with Gasteiger partial charge in [0.05, 0.1) is 18.6 Å². The Hall–Kier alpha value is -2.89. The monoisotopic (exact) mass is 396 g/mol. The number of likely N-dealkylation sites (tertiary alicyclic amines) is 1. The average Bonchev–Trinajstić information content (AvgIpc) is 3.47. The van der Waals surface area contributed by atoms with E-state index < -0.39 is 5.82 Å². The van der Waals surface area contributed by atoms with E-state index in [0.29, 0.717) is 24.8 Å². The second kappa shape index (κ2) is 8.23. The van der Waals surface area contributed by atoms with E-state index in [2.05, 4.69) is 5.32 Å². The highest BCUT2D eigenvalue weighted by Gasteiger charge is 2.41. The van der Waals surface area contributed by atoms with Gasteiger partial charge in [0.15, 0.2) is 0 Å². The Bertz CT molecular complexity index is 913. The van der Waals surface area contributed by atoms with Crippen LogP contribution in [0.3, 0.4) is 0 Å². The van der Waals surface area contributed by atoms with Crippen molar-refractivity contribution in [1.29, 1.82) is 0 Å². The number of halogens is 1. The number of nitrogens with zero attached hydrogens (tertiary/aromatic N) is 1. The molecule has 1 aliphatic heterocycles. The zero-order valence-corrected chi connectivity index (χ0v) is 16.4. The van der Waals surface area contributed by atoms with Crippen LogP contribution in [0, 0.1) is 17.7 Å². The first-order valence-corrected chi connectivity index (χ1v) is 10.0. The van der Waals surface area contributed by atoms with Crippen LogP contribution in [0.25, 0.3) is 0 Å². The molecule has 2 amide bonds. The molecule has 2 fully saturated rings. The fourth-order valence-corrected chi connectivity index (χ4v) is 3.95. The quantitative estimate of drug-likeness (QED) is 0.816. The second-order valence-corrected chi connectivity index (χ2v) is 7.87. The van der Waals surface area contributed by atoms with Gasteiger partial charge >= 0.3 is 0 Å². The van der Waals surface area contributed by atoms with Crippen molar-refractivity contribution >= 4 is 11.8 Å². The number of amides is 2. The van der Waals surface area contributed by atoms with Crippen LogP contribution in [0.15, 0.2) is 48.5 Å². The van der Waals surface area contributed by atoms with Crippen molar-refractivity contribution in [2.75, 3.05) is 26.7 Å². The van der Waals surface area contributed by atoms with Crippen molar-refractivity contribution < 1.29 is 18.7 Å². The smallest absolute Gasteiger partial charge is 0.256 e. The van der Waals surface area contributed by atoms with Crippen LogP contribution in [-0.2, 0) is 4.79 Å². The van der Waals surface area contributed by atoms with E-state index in [1.165, 1.54) is 12.1 Å². The SMILES string of the molecule is COc1cccc([C@@H]2CN(C(=O)c3ccccc3F)C[C@H]2C(=O)NCC2CC2)c1. The number of methoxy groups -OCH3 is 1. The van der Waals surface area contributed by atoms with Crippen LogP contribution in [-0.4, -0.2) is 43.5 Å². The lowest BCUT2D eigenvalue weighted by molar-refractivity contribution is -0.125. The third-order valence-electron chi connectivity index (χ3n) is 5.83. The van der Waals surface area contributed by atoms with Crippen LogP contribution in [0.5, 0.6) is 5.75 Å². The van der Waals surface area contributed by atoms with E-state index in [1.54, 1.807) is 24.1 Å². The number of benzene rings is 2. The molecular weight excluding hydrogens is 371 g/mol. The summed E-state index contributed by atoms with van der Waals surface area (Å²) in [5.41, 5.74) is 0.982. The summed E-state index contributed by atoms with van der Waals surface area (Å²) in [6, 6.07) is 13.6. The molecule has 1 aliphatic carbocycles. The van der Waals surface area contributed by atoms with Crippen molar-refractivity contribution in [2.24, 2.45) is 11.8 Å². The summed E-state index contributed by atoms with van der Waals surface area (Å²) in [5.74, 6) is -0.235. The van der Waals surface area contributed by atoms with Gasteiger partial charge in [-0.05, 0) is 48.6 Å². The fourth-order valence-electron chi connectivity index (χ4n) is 3.95. The summed E-state index contributed by atoms with van der Waals surface area (Å²) in [4.78, 5) is 27.5. The molecule has 1 saturated carbocycles. The van der Waals surface area contributed by atoms with Crippen molar-refractivity contribution in [3.63, 3.8) is 0 Å².